The highest BCUT2D eigenvalue weighted by atomic mass is 79.9. The molecule has 0 bridgehead atoms. The van der Waals surface area contributed by atoms with Crippen LogP contribution in [0.4, 0.5) is 0 Å². The van der Waals surface area contributed by atoms with Gasteiger partial charge in [-0.3, -0.25) is 4.57 Å². The van der Waals surface area contributed by atoms with Crippen LogP contribution in [0.2, 0.25) is 0 Å². The zero-order valence-corrected chi connectivity index (χ0v) is 10.1. The predicted octanol–water partition coefficient (Wildman–Crippen LogP) is 2.52. The second kappa shape index (κ2) is 4.37. The molecule has 0 amide bonds. The van der Waals surface area contributed by atoms with Gasteiger partial charge in [-0.1, -0.05) is 0 Å². The highest BCUT2D eigenvalue weighted by Crippen LogP contribution is 2.24. The van der Waals surface area contributed by atoms with E-state index in [-0.39, 0.29) is 0 Å². The molecule has 0 aliphatic rings. The van der Waals surface area contributed by atoms with Gasteiger partial charge >= 0.3 is 6.01 Å². The maximum absolute atomic E-state index is 8.71. The number of nitrogens with zero attached hydrogens (tertiary/aromatic N) is 3. The van der Waals surface area contributed by atoms with Crippen molar-refractivity contribution in [2.45, 2.75) is 0 Å². The van der Waals surface area contributed by atoms with Crippen molar-refractivity contribution in [2.24, 2.45) is 0 Å². The molecule has 0 radical (unpaired) electrons. The van der Waals surface area contributed by atoms with Gasteiger partial charge in [-0.25, -0.2) is 4.98 Å². The smallest absolute Gasteiger partial charge is 0.301 e. The van der Waals surface area contributed by atoms with Crippen LogP contribution in [-0.2, 0) is 0 Å². The molecule has 16 heavy (non-hydrogen) atoms. The lowest BCUT2D eigenvalue weighted by molar-refractivity contribution is 0.373. The lowest BCUT2D eigenvalue weighted by atomic mass is 10.2. The Kier molecular flexibility index (Phi) is 2.93. The lowest BCUT2D eigenvalue weighted by Crippen LogP contribution is -1.98. The van der Waals surface area contributed by atoms with Gasteiger partial charge in [-0.2, -0.15) is 5.26 Å². The van der Waals surface area contributed by atoms with Crippen LogP contribution in [0.3, 0.4) is 0 Å². The van der Waals surface area contributed by atoms with Crippen LogP contribution >= 0.6 is 15.9 Å². The largest absolute Gasteiger partial charge is 0.468 e. The second-order valence-electron chi connectivity index (χ2n) is 3.06. The average molecular weight is 278 g/mol. The van der Waals surface area contributed by atoms with Crippen LogP contribution in [0.5, 0.6) is 6.01 Å². The molecular weight excluding hydrogens is 270 g/mol. The average Bonchev–Trinajstić information content (AvgIpc) is 2.70. The first-order chi connectivity index (χ1) is 7.76. The Morgan fingerprint density at radius 2 is 2.06 bits per heavy atom. The minimum absolute atomic E-state index is 0.497. The molecule has 2 rings (SSSR count). The van der Waals surface area contributed by atoms with Gasteiger partial charge in [0.1, 0.15) is 4.60 Å². The maximum atomic E-state index is 8.71. The Bertz CT molecular complexity index is 539. The molecule has 5 heteroatoms. The van der Waals surface area contributed by atoms with Gasteiger partial charge in [0, 0.05) is 0 Å². The van der Waals surface area contributed by atoms with Crippen LogP contribution in [-0.4, -0.2) is 16.7 Å². The fourth-order valence-electron chi connectivity index (χ4n) is 1.38. The van der Waals surface area contributed by atoms with Crippen molar-refractivity contribution < 1.29 is 4.74 Å². The van der Waals surface area contributed by atoms with Crippen molar-refractivity contribution in [3.63, 3.8) is 0 Å². The normalized spacial score (nSPS) is 9.81. The standard InChI is InChI=1S/C11H8BrN3O/c1-16-11-14-7-10(12)15(11)9-4-2-8(6-13)3-5-9/h2-5,7H,1H3. The zero-order chi connectivity index (χ0) is 11.5. The fourth-order valence-corrected chi connectivity index (χ4v) is 1.84. The molecule has 0 atom stereocenters. The van der Waals surface area contributed by atoms with E-state index in [0.29, 0.717) is 11.6 Å². The van der Waals surface area contributed by atoms with Crippen molar-refractivity contribution in [1.82, 2.24) is 9.55 Å². The summed E-state index contributed by atoms with van der Waals surface area (Å²) in [5, 5.41) is 8.71. The van der Waals surface area contributed by atoms with Crippen LogP contribution < -0.4 is 4.74 Å². The summed E-state index contributed by atoms with van der Waals surface area (Å²) in [6.45, 7) is 0. The summed E-state index contributed by atoms with van der Waals surface area (Å²) < 4.78 is 7.74. The van der Waals surface area contributed by atoms with Crippen LogP contribution in [0.1, 0.15) is 5.56 Å². The van der Waals surface area contributed by atoms with Gasteiger partial charge in [-0.15, -0.1) is 0 Å². The number of halogens is 1. The van der Waals surface area contributed by atoms with Gasteiger partial charge in [0.15, 0.2) is 0 Å². The van der Waals surface area contributed by atoms with Crippen LogP contribution in [0, 0.1) is 11.3 Å². The number of aromatic nitrogens is 2. The Hall–Kier alpha value is -1.80. The molecule has 80 valence electrons. The molecule has 0 aliphatic carbocycles. The summed E-state index contributed by atoms with van der Waals surface area (Å²) in [7, 11) is 1.56. The SMILES string of the molecule is COc1ncc(Br)n1-c1ccc(C#N)cc1. The molecule has 4 nitrogen and oxygen atoms in total. The minimum atomic E-state index is 0.497. The number of rotatable bonds is 2. The third kappa shape index (κ3) is 1.79. The summed E-state index contributed by atoms with van der Waals surface area (Å²) in [4.78, 5) is 4.08. The van der Waals surface area contributed by atoms with Crippen molar-refractivity contribution in [2.75, 3.05) is 7.11 Å². The molecule has 0 saturated heterocycles. The number of hydrogen-bond donors (Lipinski definition) is 0. The summed E-state index contributed by atoms with van der Waals surface area (Å²) >= 11 is 3.39. The molecule has 0 fully saturated rings. The van der Waals surface area contributed by atoms with Gasteiger partial charge in [0.05, 0.1) is 30.6 Å². The molecule has 1 aromatic carbocycles. The van der Waals surface area contributed by atoms with Gasteiger partial charge in [-0.05, 0) is 40.2 Å². The number of hydrogen-bond acceptors (Lipinski definition) is 3. The molecule has 0 saturated carbocycles. The number of ether oxygens (including phenoxy) is 1. The van der Waals surface area contributed by atoms with Crippen molar-refractivity contribution in [3.05, 3.63) is 40.6 Å². The molecular formula is C11H8BrN3O. The number of methoxy groups -OCH3 is 1. The first-order valence-electron chi connectivity index (χ1n) is 4.54. The monoisotopic (exact) mass is 277 g/mol. The second-order valence-corrected chi connectivity index (χ2v) is 3.87. The molecule has 0 spiro atoms. The molecule has 1 heterocycles. The molecule has 0 unspecified atom stereocenters. The molecule has 0 aliphatic heterocycles. The number of benzene rings is 1. The van der Waals surface area contributed by atoms with E-state index in [1.165, 1.54) is 0 Å². The lowest BCUT2D eigenvalue weighted by Gasteiger charge is -2.07. The van der Waals surface area contributed by atoms with Crippen molar-refractivity contribution in [1.29, 1.82) is 5.26 Å². The summed E-state index contributed by atoms with van der Waals surface area (Å²) in [6, 6.07) is 9.76. The Balaban J connectivity index is 2.50. The number of imidazole rings is 1. The van der Waals surface area contributed by atoms with E-state index in [4.69, 9.17) is 10.00 Å². The van der Waals surface area contributed by atoms with Crippen molar-refractivity contribution in [3.8, 4) is 17.8 Å². The third-order valence-corrected chi connectivity index (χ3v) is 2.68. The summed E-state index contributed by atoms with van der Waals surface area (Å²) in [6.07, 6.45) is 1.66. The van der Waals surface area contributed by atoms with Gasteiger partial charge in [0.2, 0.25) is 0 Å². The highest BCUT2D eigenvalue weighted by molar-refractivity contribution is 9.10. The van der Waals surface area contributed by atoms with E-state index in [1.807, 2.05) is 12.1 Å². The van der Waals surface area contributed by atoms with E-state index in [2.05, 4.69) is 27.0 Å². The fraction of sp³-hybridized carbons (Fsp3) is 0.0909. The quantitative estimate of drug-likeness (QED) is 0.848. The molecule has 1 aromatic heterocycles. The van der Waals surface area contributed by atoms with Gasteiger partial charge < -0.3 is 4.74 Å². The van der Waals surface area contributed by atoms with Crippen LogP contribution in [0.25, 0.3) is 5.69 Å². The minimum Gasteiger partial charge on any atom is -0.468 e. The van der Waals surface area contributed by atoms with Gasteiger partial charge in [0.25, 0.3) is 0 Å². The first-order valence-corrected chi connectivity index (χ1v) is 5.33. The van der Waals surface area contributed by atoms with E-state index in [0.717, 1.165) is 10.3 Å². The van der Waals surface area contributed by atoms with E-state index in [1.54, 1.807) is 30.0 Å². The van der Waals surface area contributed by atoms with E-state index < -0.39 is 0 Å². The topological polar surface area (TPSA) is 50.8 Å². The maximum Gasteiger partial charge on any atom is 0.301 e. The van der Waals surface area contributed by atoms with Crippen LogP contribution in [0.15, 0.2) is 35.1 Å². The Morgan fingerprint density at radius 1 is 1.38 bits per heavy atom. The zero-order valence-electron chi connectivity index (χ0n) is 8.51. The highest BCUT2D eigenvalue weighted by Gasteiger charge is 2.09. The molecule has 2 aromatic rings. The third-order valence-electron chi connectivity index (χ3n) is 2.12. The van der Waals surface area contributed by atoms with E-state index in [9.17, 15) is 0 Å². The van der Waals surface area contributed by atoms with Crippen molar-refractivity contribution >= 4 is 15.9 Å². The predicted molar refractivity (Wildman–Crippen MR) is 62.5 cm³/mol. The molecule has 0 N–H and O–H groups in total. The van der Waals surface area contributed by atoms with E-state index >= 15 is 0 Å². The Morgan fingerprint density at radius 3 is 2.62 bits per heavy atom. The summed E-state index contributed by atoms with van der Waals surface area (Å²) in [5.74, 6) is 0. The first kappa shape index (κ1) is 10.7. The summed E-state index contributed by atoms with van der Waals surface area (Å²) in [5.41, 5.74) is 1.51. The number of nitriles is 1. The Labute approximate surface area is 101 Å².